The number of hydrogen-bond acceptors (Lipinski definition) is 9. The molecule has 1 amide bonds. The molecule has 12 heteroatoms. The van der Waals surface area contributed by atoms with Crippen LogP contribution in [-0.2, 0) is 4.79 Å². The van der Waals surface area contributed by atoms with E-state index in [0.717, 1.165) is 35.2 Å². The van der Waals surface area contributed by atoms with E-state index in [2.05, 4.69) is 19.9 Å². The Balaban J connectivity index is 2.02. The molecule has 120 valence electrons. The fourth-order valence-electron chi connectivity index (χ4n) is 1.41. The number of nitrogens with zero attached hydrogens (tertiary/aromatic N) is 4. The van der Waals surface area contributed by atoms with Gasteiger partial charge in [-0.2, -0.15) is 0 Å². The lowest BCUT2D eigenvalue weighted by Gasteiger charge is -2.14. The van der Waals surface area contributed by atoms with E-state index in [1.54, 1.807) is 0 Å². The molecule has 2 rings (SSSR count). The highest BCUT2D eigenvalue weighted by Crippen LogP contribution is 2.14. The second-order valence-electron chi connectivity index (χ2n) is 4.09. The predicted molar refractivity (Wildman–Crippen MR) is 80.7 cm³/mol. The molecule has 0 saturated heterocycles. The highest BCUT2D eigenvalue weighted by atomic mass is 32.2. The zero-order chi connectivity index (χ0) is 17.0. The number of amides is 1. The first kappa shape index (κ1) is 16.4. The summed E-state index contributed by atoms with van der Waals surface area (Å²) in [7, 11) is 0. The van der Waals surface area contributed by atoms with Gasteiger partial charge in [0.1, 0.15) is 5.82 Å². The van der Waals surface area contributed by atoms with Crippen LogP contribution in [0.3, 0.4) is 0 Å². The summed E-state index contributed by atoms with van der Waals surface area (Å²) in [5.74, 6) is 3.65. The molecule has 23 heavy (non-hydrogen) atoms. The monoisotopic (exact) mass is 337 g/mol. The van der Waals surface area contributed by atoms with Gasteiger partial charge in [0.05, 0.1) is 18.1 Å². The highest BCUT2D eigenvalue weighted by Gasteiger charge is 2.15. The number of nitrogen functional groups attached to an aromatic ring is 1. The molecular formula is C11H11N7O4S. The largest absolute Gasteiger partial charge is 0.476 e. The maximum absolute atomic E-state index is 12.0. The molecule has 0 fully saturated rings. The summed E-state index contributed by atoms with van der Waals surface area (Å²) in [5, 5.41) is 9.60. The van der Waals surface area contributed by atoms with Crippen molar-refractivity contribution in [3.05, 3.63) is 34.5 Å². The number of carboxylic acids is 1. The normalized spacial score (nSPS) is 10.3. The zero-order valence-corrected chi connectivity index (χ0v) is 12.3. The van der Waals surface area contributed by atoms with Gasteiger partial charge in [-0.3, -0.25) is 9.59 Å². The number of H-pyrrole nitrogens is 1. The number of nitrogens with one attached hydrogen (secondary N) is 1. The van der Waals surface area contributed by atoms with E-state index in [1.165, 1.54) is 0 Å². The number of carboxylic acid groups (broad SMARTS) is 1. The number of thioether (sulfide) groups is 1. The van der Waals surface area contributed by atoms with Crippen molar-refractivity contribution in [2.45, 2.75) is 5.16 Å². The number of anilines is 2. The molecule has 0 spiro atoms. The molecule has 2 heterocycles. The first-order valence-electron chi connectivity index (χ1n) is 5.99. The predicted octanol–water partition coefficient (Wildman–Crippen LogP) is -1.16. The van der Waals surface area contributed by atoms with E-state index >= 15 is 0 Å². The topological polar surface area (TPSA) is 181 Å². The molecular weight excluding hydrogens is 326 g/mol. The number of aromatic nitrogens is 4. The molecule has 0 atom stereocenters. The molecule has 0 aliphatic heterocycles. The van der Waals surface area contributed by atoms with Gasteiger partial charge in [-0.05, 0) is 0 Å². The summed E-state index contributed by atoms with van der Waals surface area (Å²) in [4.78, 5) is 47.4. The fraction of sp³-hybridized carbons (Fsp3) is 0.0909. The number of aromatic amines is 1. The van der Waals surface area contributed by atoms with Crippen molar-refractivity contribution in [3.63, 3.8) is 0 Å². The van der Waals surface area contributed by atoms with Crippen molar-refractivity contribution in [2.24, 2.45) is 5.84 Å². The van der Waals surface area contributed by atoms with E-state index in [9.17, 15) is 14.4 Å². The van der Waals surface area contributed by atoms with Gasteiger partial charge in [0.2, 0.25) is 0 Å². The van der Waals surface area contributed by atoms with Crippen LogP contribution in [0.25, 0.3) is 0 Å². The van der Waals surface area contributed by atoms with Crippen molar-refractivity contribution < 1.29 is 14.7 Å². The van der Waals surface area contributed by atoms with Gasteiger partial charge in [0.25, 0.3) is 11.5 Å². The molecule has 0 aliphatic carbocycles. The van der Waals surface area contributed by atoms with Gasteiger partial charge >= 0.3 is 5.97 Å². The third-order valence-electron chi connectivity index (χ3n) is 2.44. The van der Waals surface area contributed by atoms with Crippen LogP contribution in [0.4, 0.5) is 11.6 Å². The van der Waals surface area contributed by atoms with Gasteiger partial charge in [0.15, 0.2) is 16.7 Å². The lowest BCUT2D eigenvalue weighted by molar-refractivity contribution is -0.116. The molecule has 0 unspecified atom stereocenters. The van der Waals surface area contributed by atoms with E-state index in [0.29, 0.717) is 0 Å². The summed E-state index contributed by atoms with van der Waals surface area (Å²) in [6.07, 6.45) is 2.04. The molecule has 0 aliphatic rings. The smallest absolute Gasteiger partial charge is 0.356 e. The fourth-order valence-corrected chi connectivity index (χ4v) is 2.15. The number of hydrazine groups is 1. The Kier molecular flexibility index (Phi) is 4.88. The van der Waals surface area contributed by atoms with Crippen LogP contribution in [0.5, 0.6) is 0 Å². The van der Waals surface area contributed by atoms with Crippen molar-refractivity contribution in [1.29, 1.82) is 0 Å². The Bertz CT molecular complexity index is 792. The van der Waals surface area contributed by atoms with Gasteiger partial charge in [-0.15, -0.1) is 0 Å². The Morgan fingerprint density at radius 2 is 2.09 bits per heavy atom. The van der Waals surface area contributed by atoms with Crippen LogP contribution in [0.2, 0.25) is 0 Å². The second kappa shape index (κ2) is 6.85. The lowest BCUT2D eigenvalue weighted by Crippen LogP contribution is -2.39. The number of rotatable bonds is 5. The SMILES string of the molecule is Nc1cc(=O)[nH]c(SCC(=O)N(N)c2cnc(C(=O)O)cn2)n1. The Morgan fingerprint density at radius 3 is 2.65 bits per heavy atom. The van der Waals surface area contributed by atoms with Crippen LogP contribution in [0.15, 0.2) is 28.4 Å². The number of aromatic carboxylic acids is 1. The number of nitrogens with two attached hydrogens (primary N) is 2. The summed E-state index contributed by atoms with van der Waals surface area (Å²) in [5.41, 5.74) is 4.71. The van der Waals surface area contributed by atoms with Crippen LogP contribution >= 0.6 is 11.8 Å². The van der Waals surface area contributed by atoms with Gasteiger partial charge in [-0.25, -0.2) is 30.6 Å². The minimum absolute atomic E-state index is 0.0189. The Morgan fingerprint density at radius 1 is 1.35 bits per heavy atom. The number of carbonyl (C=O) groups excluding carboxylic acids is 1. The molecule has 0 radical (unpaired) electrons. The average molecular weight is 337 g/mol. The summed E-state index contributed by atoms with van der Waals surface area (Å²) < 4.78 is 0. The van der Waals surface area contributed by atoms with Crippen molar-refractivity contribution >= 4 is 35.3 Å². The molecule has 0 bridgehead atoms. The summed E-state index contributed by atoms with van der Waals surface area (Å²) in [6, 6.07) is 1.11. The van der Waals surface area contributed by atoms with Gasteiger partial charge < -0.3 is 15.8 Å². The minimum atomic E-state index is -1.24. The van der Waals surface area contributed by atoms with E-state index in [4.69, 9.17) is 16.7 Å². The molecule has 0 aromatic carbocycles. The molecule has 11 nitrogen and oxygen atoms in total. The van der Waals surface area contributed by atoms with Crippen LogP contribution in [-0.4, -0.2) is 42.7 Å². The lowest BCUT2D eigenvalue weighted by atomic mass is 10.4. The number of hydrogen-bond donors (Lipinski definition) is 4. The van der Waals surface area contributed by atoms with Crippen LogP contribution in [0, 0.1) is 0 Å². The standard InChI is InChI=1S/C11H11N7O4S/c12-6-1-8(19)17-11(16-6)23-4-9(20)18(13)7-3-14-5(2-15-7)10(21)22/h1-3H,4,13H2,(H,21,22)(H3,12,16,17,19). The highest BCUT2D eigenvalue weighted by molar-refractivity contribution is 7.99. The van der Waals surface area contributed by atoms with Crippen molar-refractivity contribution in [1.82, 2.24) is 19.9 Å². The van der Waals surface area contributed by atoms with Crippen LogP contribution < -0.4 is 22.1 Å². The quantitative estimate of drug-likeness (QED) is 0.171. The second-order valence-corrected chi connectivity index (χ2v) is 5.06. The van der Waals surface area contributed by atoms with Gasteiger partial charge in [-0.1, -0.05) is 11.8 Å². The Hall–Kier alpha value is -2.99. The number of carbonyl (C=O) groups is 2. The van der Waals surface area contributed by atoms with E-state index < -0.39 is 17.4 Å². The van der Waals surface area contributed by atoms with Crippen molar-refractivity contribution in [2.75, 3.05) is 16.5 Å². The molecule has 2 aromatic heterocycles. The van der Waals surface area contributed by atoms with Gasteiger partial charge in [0, 0.05) is 6.07 Å². The summed E-state index contributed by atoms with van der Waals surface area (Å²) in [6.45, 7) is 0. The third-order valence-corrected chi connectivity index (χ3v) is 3.30. The van der Waals surface area contributed by atoms with Crippen molar-refractivity contribution in [3.8, 4) is 0 Å². The average Bonchev–Trinajstić information content (AvgIpc) is 2.51. The third kappa shape index (κ3) is 4.24. The maximum atomic E-state index is 12.0. The van der Waals surface area contributed by atoms with E-state index in [1.807, 2.05) is 0 Å². The minimum Gasteiger partial charge on any atom is -0.476 e. The van der Waals surface area contributed by atoms with E-state index in [-0.39, 0.29) is 28.2 Å². The molecule has 2 aromatic rings. The molecule has 6 N–H and O–H groups in total. The summed E-state index contributed by atoms with van der Waals surface area (Å²) >= 11 is 0.928. The maximum Gasteiger partial charge on any atom is 0.356 e. The molecule has 0 saturated carbocycles. The first-order valence-corrected chi connectivity index (χ1v) is 6.98. The Labute approximate surface area is 132 Å². The first-order chi connectivity index (χ1) is 10.9. The zero-order valence-electron chi connectivity index (χ0n) is 11.5. The van der Waals surface area contributed by atoms with Crippen LogP contribution in [0.1, 0.15) is 10.5 Å².